The minimum Gasteiger partial charge on any atom is -0.277 e. The van der Waals surface area contributed by atoms with E-state index in [1.807, 2.05) is 0 Å². The molecule has 0 radical (unpaired) electrons. The molecule has 74 valence electrons. The van der Waals surface area contributed by atoms with Crippen LogP contribution >= 0.6 is 0 Å². The maximum Gasteiger partial charge on any atom is 0.226 e. The first-order valence-corrected chi connectivity index (χ1v) is 4.18. The first-order chi connectivity index (χ1) is 6.82. The summed E-state index contributed by atoms with van der Waals surface area (Å²) >= 11 is 0. The standard InChI is InChI=1S/C7H11N7/c1-8-7(14-9-2)5-6(11-3-10-5)12-4-13-7/h3-4,8-9,14H,1-2H3. The van der Waals surface area contributed by atoms with Crippen molar-refractivity contribution in [2.24, 2.45) is 20.0 Å². The predicted molar refractivity (Wildman–Crippen MR) is 55.8 cm³/mol. The minimum absolute atomic E-state index is 0.581. The van der Waals surface area contributed by atoms with Crippen molar-refractivity contribution in [3.63, 3.8) is 0 Å². The molecular formula is C7H11N7. The molecule has 0 fully saturated rings. The zero-order valence-electron chi connectivity index (χ0n) is 7.94. The van der Waals surface area contributed by atoms with Crippen LogP contribution in [0, 0.1) is 0 Å². The van der Waals surface area contributed by atoms with Gasteiger partial charge in [0, 0.05) is 0 Å². The summed E-state index contributed by atoms with van der Waals surface area (Å²) in [6.07, 6.45) is 2.92. The molecular weight excluding hydrogens is 182 g/mol. The fourth-order valence-electron chi connectivity index (χ4n) is 1.36. The van der Waals surface area contributed by atoms with Crippen molar-refractivity contribution in [1.29, 1.82) is 0 Å². The summed E-state index contributed by atoms with van der Waals surface area (Å²) in [4.78, 5) is 16.3. The Morgan fingerprint density at radius 3 is 2.79 bits per heavy atom. The van der Waals surface area contributed by atoms with Gasteiger partial charge in [-0.3, -0.25) is 10.7 Å². The second kappa shape index (κ2) is 3.37. The smallest absolute Gasteiger partial charge is 0.226 e. The lowest BCUT2D eigenvalue weighted by atomic mass is 10.2. The highest BCUT2D eigenvalue weighted by molar-refractivity contribution is 6.50. The molecule has 0 aromatic carbocycles. The number of rotatable bonds is 3. The van der Waals surface area contributed by atoms with Gasteiger partial charge in [0.1, 0.15) is 18.4 Å². The lowest BCUT2D eigenvalue weighted by Crippen LogP contribution is -2.65. The minimum atomic E-state index is -0.775. The molecule has 14 heavy (non-hydrogen) atoms. The van der Waals surface area contributed by atoms with E-state index in [1.165, 1.54) is 12.7 Å². The number of hydrazine groups is 1. The molecule has 1 atom stereocenters. The lowest BCUT2D eigenvalue weighted by molar-refractivity contribution is 0.356. The average Bonchev–Trinajstić information content (AvgIpc) is 2.67. The monoisotopic (exact) mass is 193 g/mol. The summed E-state index contributed by atoms with van der Waals surface area (Å²) in [7, 11) is 3.54. The van der Waals surface area contributed by atoms with Crippen molar-refractivity contribution in [1.82, 2.24) is 16.2 Å². The van der Waals surface area contributed by atoms with Crippen molar-refractivity contribution in [3.05, 3.63) is 0 Å². The van der Waals surface area contributed by atoms with Crippen LogP contribution in [0.5, 0.6) is 0 Å². The molecule has 3 N–H and O–H groups in total. The van der Waals surface area contributed by atoms with Crippen LogP contribution in [0.25, 0.3) is 0 Å². The largest absolute Gasteiger partial charge is 0.277 e. The van der Waals surface area contributed by atoms with Crippen LogP contribution in [0.4, 0.5) is 0 Å². The van der Waals surface area contributed by atoms with E-state index in [-0.39, 0.29) is 0 Å². The van der Waals surface area contributed by atoms with E-state index in [2.05, 4.69) is 36.1 Å². The van der Waals surface area contributed by atoms with Crippen molar-refractivity contribution in [3.8, 4) is 0 Å². The molecule has 2 heterocycles. The number of amidine groups is 1. The van der Waals surface area contributed by atoms with Crippen LogP contribution < -0.4 is 16.2 Å². The molecule has 0 aromatic rings. The molecule has 2 aliphatic heterocycles. The first kappa shape index (κ1) is 9.13. The van der Waals surface area contributed by atoms with Crippen molar-refractivity contribution < 1.29 is 0 Å². The Bertz CT molecular complexity index is 353. The molecule has 7 heteroatoms. The Morgan fingerprint density at radius 2 is 2.07 bits per heavy atom. The van der Waals surface area contributed by atoms with Crippen molar-refractivity contribution in [2.75, 3.05) is 14.1 Å². The zero-order chi connectivity index (χ0) is 10.0. The van der Waals surface area contributed by atoms with E-state index in [4.69, 9.17) is 0 Å². The summed E-state index contributed by atoms with van der Waals surface area (Å²) in [6.45, 7) is 0. The topological polar surface area (TPSA) is 85.5 Å². The quantitative estimate of drug-likeness (QED) is 0.377. The van der Waals surface area contributed by atoms with Gasteiger partial charge in [0.15, 0.2) is 5.84 Å². The fraction of sp³-hybridized carbons (Fsp3) is 0.429. The van der Waals surface area contributed by atoms with Crippen LogP contribution in [-0.4, -0.2) is 44.1 Å². The molecule has 0 bridgehead atoms. The van der Waals surface area contributed by atoms with Crippen LogP contribution in [0.15, 0.2) is 20.0 Å². The predicted octanol–water partition coefficient (Wildman–Crippen LogP) is -1.49. The van der Waals surface area contributed by atoms with Crippen LogP contribution in [-0.2, 0) is 0 Å². The first-order valence-electron chi connectivity index (χ1n) is 4.18. The SMILES string of the molecule is CNNC1(NC)N=CN=C2N=CN=C21. The van der Waals surface area contributed by atoms with Gasteiger partial charge in [0.2, 0.25) is 5.79 Å². The molecule has 0 aromatic heterocycles. The van der Waals surface area contributed by atoms with Crippen molar-refractivity contribution in [2.45, 2.75) is 5.79 Å². The highest BCUT2D eigenvalue weighted by Gasteiger charge is 2.39. The van der Waals surface area contributed by atoms with Crippen molar-refractivity contribution >= 4 is 24.2 Å². The number of fused-ring (bicyclic) bond motifs is 1. The van der Waals surface area contributed by atoms with Gasteiger partial charge in [-0.05, 0) is 14.1 Å². The number of nitrogens with one attached hydrogen (secondary N) is 3. The molecule has 2 aliphatic rings. The molecule has 0 aliphatic carbocycles. The van der Waals surface area contributed by atoms with Gasteiger partial charge in [0.25, 0.3) is 0 Å². The van der Waals surface area contributed by atoms with E-state index in [0.29, 0.717) is 11.5 Å². The number of aliphatic imine (C=N–C) groups is 4. The van der Waals surface area contributed by atoms with E-state index < -0.39 is 5.79 Å². The Kier molecular flexibility index (Phi) is 2.20. The maximum atomic E-state index is 4.20. The van der Waals surface area contributed by atoms with Gasteiger partial charge in [-0.2, -0.15) is 0 Å². The van der Waals surface area contributed by atoms with Gasteiger partial charge < -0.3 is 0 Å². The van der Waals surface area contributed by atoms with Crippen LogP contribution in [0.2, 0.25) is 0 Å². The third kappa shape index (κ3) is 1.18. The number of nitrogens with zero attached hydrogens (tertiary/aromatic N) is 4. The summed E-state index contributed by atoms with van der Waals surface area (Å²) in [6, 6.07) is 0. The third-order valence-corrected chi connectivity index (χ3v) is 2.02. The van der Waals surface area contributed by atoms with E-state index in [9.17, 15) is 0 Å². The summed E-state index contributed by atoms with van der Waals surface area (Å²) in [5, 5.41) is 3.03. The normalized spacial score (nSPS) is 28.7. The number of hydrogen-bond donors (Lipinski definition) is 3. The van der Waals surface area contributed by atoms with E-state index in [1.54, 1.807) is 14.1 Å². The van der Waals surface area contributed by atoms with Gasteiger partial charge in [0.05, 0.1) is 0 Å². The molecule has 0 saturated carbocycles. The third-order valence-electron chi connectivity index (χ3n) is 2.02. The summed E-state index contributed by atoms with van der Waals surface area (Å²) in [5.74, 6) is -0.195. The molecule has 0 amide bonds. The molecule has 2 rings (SSSR count). The Labute approximate surface area is 81.1 Å². The van der Waals surface area contributed by atoms with Gasteiger partial charge in [-0.1, -0.05) is 0 Å². The summed E-state index contributed by atoms with van der Waals surface area (Å²) in [5.41, 5.74) is 6.46. The Morgan fingerprint density at radius 1 is 1.21 bits per heavy atom. The van der Waals surface area contributed by atoms with E-state index in [0.717, 1.165) is 0 Å². The Balaban J connectivity index is 2.37. The molecule has 0 spiro atoms. The second-order valence-electron chi connectivity index (χ2n) is 2.75. The van der Waals surface area contributed by atoms with Crippen LogP contribution in [0.1, 0.15) is 0 Å². The molecule has 7 nitrogen and oxygen atoms in total. The Hall–Kier alpha value is -1.44. The molecule has 0 saturated heterocycles. The highest BCUT2D eigenvalue weighted by atomic mass is 15.5. The zero-order valence-corrected chi connectivity index (χ0v) is 7.94. The van der Waals surface area contributed by atoms with Gasteiger partial charge in [-0.15, -0.1) is 0 Å². The maximum absolute atomic E-state index is 4.20. The lowest BCUT2D eigenvalue weighted by Gasteiger charge is -2.30. The van der Waals surface area contributed by atoms with Gasteiger partial charge in [-0.25, -0.2) is 25.4 Å². The highest BCUT2D eigenvalue weighted by Crippen LogP contribution is 2.13. The second-order valence-corrected chi connectivity index (χ2v) is 2.75. The van der Waals surface area contributed by atoms with Gasteiger partial charge >= 0.3 is 0 Å². The molecule has 1 unspecified atom stereocenters. The average molecular weight is 193 g/mol. The van der Waals surface area contributed by atoms with Crippen LogP contribution in [0.3, 0.4) is 0 Å². The fourth-order valence-corrected chi connectivity index (χ4v) is 1.36. The summed E-state index contributed by atoms with van der Waals surface area (Å²) < 4.78 is 0. The van der Waals surface area contributed by atoms with E-state index >= 15 is 0 Å². The number of hydrogen-bond acceptors (Lipinski definition) is 7.